The number of piperidine rings is 1. The highest BCUT2D eigenvalue weighted by Gasteiger charge is 2.31. The van der Waals surface area contributed by atoms with Gasteiger partial charge in [-0.05, 0) is 44.1 Å². The Balaban J connectivity index is 1.12. The predicted octanol–water partition coefficient (Wildman–Crippen LogP) is 2.52. The van der Waals surface area contributed by atoms with Gasteiger partial charge in [-0.3, -0.25) is 14.5 Å². The minimum atomic E-state index is -0.118. The number of fused-ring (bicyclic) bond motifs is 1. The fraction of sp³-hybridized carbons (Fsp3) is 0.520. The molecule has 1 saturated heterocycles. The highest BCUT2D eigenvalue weighted by atomic mass is 16.2. The Morgan fingerprint density at radius 2 is 1.84 bits per heavy atom. The van der Waals surface area contributed by atoms with Crippen LogP contribution in [-0.2, 0) is 17.8 Å². The molecule has 0 radical (unpaired) electrons. The molecule has 0 spiro atoms. The molecule has 0 atom stereocenters. The third-order valence-electron chi connectivity index (χ3n) is 6.72. The zero-order valence-corrected chi connectivity index (χ0v) is 18.5. The van der Waals surface area contributed by atoms with Crippen LogP contribution < -0.4 is 5.32 Å². The van der Waals surface area contributed by atoms with Crippen molar-refractivity contribution in [3.05, 3.63) is 59.2 Å². The maximum Gasteiger partial charge on any atom is 0.257 e. The summed E-state index contributed by atoms with van der Waals surface area (Å²) < 4.78 is 0. The number of aryl methyl sites for hydroxylation is 1. The number of carbonyl (C=O) groups is 2. The molecule has 0 bridgehead atoms. The second kappa shape index (κ2) is 9.36. The highest BCUT2D eigenvalue weighted by molar-refractivity contribution is 5.97. The van der Waals surface area contributed by atoms with E-state index < -0.39 is 0 Å². The molecular formula is C25H31N5O2. The van der Waals surface area contributed by atoms with Crippen molar-refractivity contribution in [3.63, 3.8) is 0 Å². The van der Waals surface area contributed by atoms with Crippen LogP contribution in [0.3, 0.4) is 0 Å². The first-order valence-corrected chi connectivity index (χ1v) is 11.9. The number of likely N-dealkylation sites (tertiary alicyclic amines) is 1. The summed E-state index contributed by atoms with van der Waals surface area (Å²) in [5.74, 6) is 1.16. The molecule has 0 unspecified atom stereocenters. The lowest BCUT2D eigenvalue weighted by molar-refractivity contribution is -0.122. The zero-order valence-electron chi connectivity index (χ0n) is 18.5. The Bertz CT molecular complexity index is 968. The molecule has 1 saturated carbocycles. The van der Waals surface area contributed by atoms with Gasteiger partial charge in [0, 0.05) is 44.3 Å². The summed E-state index contributed by atoms with van der Waals surface area (Å²) in [6.07, 6.45) is 7.43. The van der Waals surface area contributed by atoms with Crippen LogP contribution >= 0.6 is 0 Å². The summed E-state index contributed by atoms with van der Waals surface area (Å²) in [5.41, 5.74) is 2.73. The number of hydrogen-bond donors (Lipinski definition) is 1. The van der Waals surface area contributed by atoms with Gasteiger partial charge in [-0.15, -0.1) is 0 Å². The van der Waals surface area contributed by atoms with Gasteiger partial charge in [0.15, 0.2) is 0 Å². The van der Waals surface area contributed by atoms with E-state index in [9.17, 15) is 9.59 Å². The van der Waals surface area contributed by atoms with Crippen molar-refractivity contribution in [1.82, 2.24) is 25.1 Å². The average Bonchev–Trinajstić information content (AvgIpc) is 3.66. The van der Waals surface area contributed by atoms with Crippen molar-refractivity contribution < 1.29 is 9.59 Å². The maximum absolute atomic E-state index is 13.0. The van der Waals surface area contributed by atoms with Crippen LogP contribution in [0.15, 0.2) is 36.5 Å². The lowest BCUT2D eigenvalue weighted by atomic mass is 10.0. The minimum absolute atomic E-state index is 0.0705. The Kier molecular flexibility index (Phi) is 6.17. The van der Waals surface area contributed by atoms with E-state index in [0.717, 1.165) is 69.7 Å². The van der Waals surface area contributed by atoms with Gasteiger partial charge in [-0.1, -0.05) is 30.3 Å². The summed E-state index contributed by atoms with van der Waals surface area (Å²) in [6, 6.07) is 10.7. The monoisotopic (exact) mass is 433 g/mol. The van der Waals surface area contributed by atoms with Gasteiger partial charge < -0.3 is 10.2 Å². The lowest BCUT2D eigenvalue weighted by Gasteiger charge is -2.32. The first-order chi connectivity index (χ1) is 15.7. The van der Waals surface area contributed by atoms with Crippen LogP contribution in [0.1, 0.15) is 65.5 Å². The quantitative estimate of drug-likeness (QED) is 0.757. The van der Waals surface area contributed by atoms with Crippen LogP contribution in [0.25, 0.3) is 0 Å². The molecule has 1 aromatic carbocycles. The number of hydrogen-bond acceptors (Lipinski definition) is 5. The molecule has 1 aromatic heterocycles. The molecule has 1 N–H and O–H groups in total. The summed E-state index contributed by atoms with van der Waals surface area (Å²) in [6.45, 7) is 3.57. The van der Waals surface area contributed by atoms with Crippen molar-refractivity contribution in [2.45, 2.75) is 57.0 Å². The summed E-state index contributed by atoms with van der Waals surface area (Å²) in [4.78, 5) is 38.9. The van der Waals surface area contributed by atoms with E-state index in [-0.39, 0.29) is 24.4 Å². The second-order valence-corrected chi connectivity index (χ2v) is 9.30. The average molecular weight is 434 g/mol. The van der Waals surface area contributed by atoms with Gasteiger partial charge in [0.25, 0.3) is 5.91 Å². The Labute approximate surface area is 189 Å². The molecule has 5 rings (SSSR count). The molecule has 3 heterocycles. The second-order valence-electron chi connectivity index (χ2n) is 9.30. The van der Waals surface area contributed by atoms with Gasteiger partial charge >= 0.3 is 0 Å². The number of aromatic nitrogens is 2. The van der Waals surface area contributed by atoms with Crippen molar-refractivity contribution in [1.29, 1.82) is 0 Å². The number of nitrogens with zero attached hydrogens (tertiary/aromatic N) is 4. The smallest absolute Gasteiger partial charge is 0.257 e. The van der Waals surface area contributed by atoms with Gasteiger partial charge in [0.1, 0.15) is 5.82 Å². The molecule has 2 amide bonds. The van der Waals surface area contributed by atoms with Gasteiger partial charge in [-0.2, -0.15) is 0 Å². The van der Waals surface area contributed by atoms with E-state index >= 15 is 0 Å². The topological polar surface area (TPSA) is 78.4 Å². The Morgan fingerprint density at radius 1 is 1.06 bits per heavy atom. The van der Waals surface area contributed by atoms with E-state index in [2.05, 4.69) is 44.5 Å². The van der Waals surface area contributed by atoms with Crippen molar-refractivity contribution in [2.24, 2.45) is 0 Å². The van der Waals surface area contributed by atoms with Gasteiger partial charge in [0.05, 0.1) is 17.8 Å². The number of amides is 2. The Hall–Kier alpha value is -2.80. The molecular weight excluding hydrogens is 402 g/mol. The largest absolute Gasteiger partial charge is 0.352 e. The fourth-order valence-electron chi connectivity index (χ4n) is 4.72. The van der Waals surface area contributed by atoms with E-state index in [1.54, 1.807) is 11.1 Å². The summed E-state index contributed by atoms with van der Waals surface area (Å²) in [5, 5.41) is 3.16. The molecule has 2 aromatic rings. The molecule has 2 fully saturated rings. The van der Waals surface area contributed by atoms with E-state index in [1.807, 2.05) is 6.07 Å². The van der Waals surface area contributed by atoms with Crippen molar-refractivity contribution in [3.8, 4) is 0 Å². The third kappa shape index (κ3) is 4.99. The van der Waals surface area contributed by atoms with Crippen LogP contribution in [0.2, 0.25) is 0 Å². The number of nitrogens with one attached hydrogen (secondary N) is 1. The SMILES string of the molecule is O=C(CN1CCCc2nc(C3CC3)ncc2C1=O)NC1CCN(Cc2ccccc2)CC1. The van der Waals surface area contributed by atoms with E-state index in [4.69, 9.17) is 0 Å². The fourth-order valence-corrected chi connectivity index (χ4v) is 4.72. The number of rotatable bonds is 6. The normalized spacial score (nSPS) is 20.0. The number of benzene rings is 1. The zero-order chi connectivity index (χ0) is 21.9. The first kappa shape index (κ1) is 21.1. The van der Waals surface area contributed by atoms with Crippen molar-refractivity contribution >= 4 is 11.8 Å². The molecule has 3 aliphatic rings. The molecule has 7 nitrogen and oxygen atoms in total. The summed E-state index contributed by atoms with van der Waals surface area (Å²) in [7, 11) is 0. The Morgan fingerprint density at radius 3 is 2.59 bits per heavy atom. The third-order valence-corrected chi connectivity index (χ3v) is 6.72. The standard InChI is InChI=1S/C25H31N5O2/c31-23(27-20-10-13-29(14-11-20)16-18-5-2-1-3-6-18)17-30-12-4-7-22-21(25(30)32)15-26-24(28-22)19-8-9-19/h1-3,5-6,15,19-20H,4,7-14,16-17H2,(H,27,31). The molecule has 1 aliphatic carbocycles. The minimum Gasteiger partial charge on any atom is -0.352 e. The van der Waals surface area contributed by atoms with Crippen LogP contribution in [0.4, 0.5) is 0 Å². The summed E-state index contributed by atoms with van der Waals surface area (Å²) >= 11 is 0. The number of carbonyl (C=O) groups excluding carboxylic acids is 2. The van der Waals surface area contributed by atoms with Crippen molar-refractivity contribution in [2.75, 3.05) is 26.2 Å². The van der Waals surface area contributed by atoms with Gasteiger partial charge in [0.2, 0.25) is 5.91 Å². The van der Waals surface area contributed by atoms with Crippen LogP contribution in [0.5, 0.6) is 0 Å². The maximum atomic E-state index is 13.0. The molecule has 32 heavy (non-hydrogen) atoms. The van der Waals surface area contributed by atoms with E-state index in [0.29, 0.717) is 18.0 Å². The van der Waals surface area contributed by atoms with Gasteiger partial charge in [-0.25, -0.2) is 9.97 Å². The first-order valence-electron chi connectivity index (χ1n) is 11.9. The molecule has 7 heteroatoms. The lowest BCUT2D eigenvalue weighted by Crippen LogP contribution is -2.48. The highest BCUT2D eigenvalue weighted by Crippen LogP contribution is 2.38. The molecule has 168 valence electrons. The van der Waals surface area contributed by atoms with Crippen LogP contribution in [-0.4, -0.2) is 63.8 Å². The van der Waals surface area contributed by atoms with Crippen LogP contribution in [0, 0.1) is 0 Å². The van der Waals surface area contributed by atoms with E-state index in [1.165, 1.54) is 5.56 Å². The molecule has 2 aliphatic heterocycles. The predicted molar refractivity (Wildman–Crippen MR) is 121 cm³/mol.